The zero-order chi connectivity index (χ0) is 15.3. The van der Waals surface area contributed by atoms with E-state index < -0.39 is 0 Å². The van der Waals surface area contributed by atoms with Crippen molar-refractivity contribution in [3.8, 4) is 5.75 Å². The number of aryl methyl sites for hydroxylation is 1. The third kappa shape index (κ3) is 4.41. The first-order chi connectivity index (χ1) is 10.0. The van der Waals surface area contributed by atoms with Crippen molar-refractivity contribution in [1.82, 2.24) is 4.90 Å². The monoisotopic (exact) mass is 295 g/mol. The van der Waals surface area contributed by atoms with E-state index in [2.05, 4.69) is 0 Å². The van der Waals surface area contributed by atoms with Crippen LogP contribution < -0.4 is 4.74 Å². The molecule has 5 nitrogen and oxygen atoms in total. The highest BCUT2D eigenvalue weighted by Gasteiger charge is 2.29. The molecule has 1 saturated heterocycles. The number of hydrogen-bond acceptors (Lipinski definition) is 5. The highest BCUT2D eigenvalue weighted by molar-refractivity contribution is 5.31. The van der Waals surface area contributed by atoms with E-state index in [0.717, 1.165) is 11.3 Å². The third-order valence-corrected chi connectivity index (χ3v) is 3.78. The fraction of sp³-hybridized carbons (Fsp3) is 0.625. The van der Waals surface area contributed by atoms with E-state index in [4.69, 9.17) is 14.2 Å². The molecule has 0 aromatic heterocycles. The van der Waals surface area contributed by atoms with Gasteiger partial charge in [-0.2, -0.15) is 0 Å². The van der Waals surface area contributed by atoms with Crippen LogP contribution in [-0.2, 0) is 9.47 Å². The van der Waals surface area contributed by atoms with Gasteiger partial charge in [0.2, 0.25) is 0 Å². The summed E-state index contributed by atoms with van der Waals surface area (Å²) in [6, 6.07) is 7.92. The Balaban J connectivity index is 1.85. The molecule has 0 radical (unpaired) electrons. The molecule has 0 saturated carbocycles. The standard InChI is InChI=1S/C16H25NO4/c1-13-6-4-5-7-15(13)20-9-14-8-19-11-17(12-21-14)16(2,3)10-18/h4-7,14,18H,8-12H2,1-3H3/t14-/m0/s1. The van der Waals surface area contributed by atoms with Gasteiger partial charge in [0.05, 0.1) is 13.2 Å². The van der Waals surface area contributed by atoms with Crippen LogP contribution in [0.4, 0.5) is 0 Å². The van der Waals surface area contributed by atoms with E-state index >= 15 is 0 Å². The Morgan fingerprint density at radius 2 is 2.10 bits per heavy atom. The van der Waals surface area contributed by atoms with E-state index in [-0.39, 0.29) is 18.2 Å². The Morgan fingerprint density at radius 1 is 1.33 bits per heavy atom. The first kappa shape index (κ1) is 16.2. The molecule has 1 atom stereocenters. The summed E-state index contributed by atoms with van der Waals surface area (Å²) in [6.07, 6.45) is -0.107. The predicted octanol–water partition coefficient (Wildman–Crippen LogP) is 1.78. The molecule has 1 N–H and O–H groups in total. The average molecular weight is 295 g/mol. The number of nitrogens with zero attached hydrogens (tertiary/aromatic N) is 1. The van der Waals surface area contributed by atoms with Gasteiger partial charge >= 0.3 is 0 Å². The van der Waals surface area contributed by atoms with E-state index in [1.807, 2.05) is 49.9 Å². The maximum atomic E-state index is 9.41. The second-order valence-electron chi connectivity index (χ2n) is 6.00. The summed E-state index contributed by atoms with van der Waals surface area (Å²) in [5.74, 6) is 0.873. The number of ether oxygens (including phenoxy) is 3. The predicted molar refractivity (Wildman–Crippen MR) is 80.2 cm³/mol. The molecule has 0 unspecified atom stereocenters. The lowest BCUT2D eigenvalue weighted by molar-refractivity contribution is -0.0703. The molecule has 1 fully saturated rings. The average Bonchev–Trinajstić information content (AvgIpc) is 2.72. The van der Waals surface area contributed by atoms with Gasteiger partial charge in [-0.05, 0) is 32.4 Å². The first-order valence-corrected chi connectivity index (χ1v) is 7.26. The van der Waals surface area contributed by atoms with Crippen LogP contribution in [0.3, 0.4) is 0 Å². The largest absolute Gasteiger partial charge is 0.491 e. The fourth-order valence-corrected chi connectivity index (χ4v) is 2.02. The zero-order valence-electron chi connectivity index (χ0n) is 13.0. The lowest BCUT2D eigenvalue weighted by Crippen LogP contribution is -2.48. The second-order valence-corrected chi connectivity index (χ2v) is 6.00. The molecule has 2 rings (SSSR count). The van der Waals surface area contributed by atoms with Crippen molar-refractivity contribution in [1.29, 1.82) is 0 Å². The Hall–Kier alpha value is -1.14. The van der Waals surface area contributed by atoms with Crippen molar-refractivity contribution >= 4 is 0 Å². The van der Waals surface area contributed by atoms with Gasteiger partial charge in [0.1, 0.15) is 31.9 Å². The van der Waals surface area contributed by atoms with E-state index in [1.165, 1.54) is 0 Å². The lowest BCUT2D eigenvalue weighted by atomic mass is 10.1. The molecule has 5 heteroatoms. The van der Waals surface area contributed by atoms with E-state index in [0.29, 0.717) is 26.7 Å². The number of benzene rings is 1. The normalized spacial score (nSPS) is 21.0. The summed E-state index contributed by atoms with van der Waals surface area (Å²) in [7, 11) is 0. The number of aliphatic hydroxyl groups is 1. The van der Waals surface area contributed by atoms with Gasteiger partial charge in [-0.15, -0.1) is 0 Å². The number of rotatable bonds is 5. The van der Waals surface area contributed by atoms with Crippen molar-refractivity contribution in [3.63, 3.8) is 0 Å². The van der Waals surface area contributed by atoms with Gasteiger partial charge in [0, 0.05) is 5.54 Å². The smallest absolute Gasteiger partial charge is 0.122 e. The summed E-state index contributed by atoms with van der Waals surface area (Å²) in [5, 5.41) is 9.41. The van der Waals surface area contributed by atoms with Crippen molar-refractivity contribution in [2.75, 3.05) is 33.3 Å². The molecular weight excluding hydrogens is 270 g/mol. The van der Waals surface area contributed by atoms with Crippen molar-refractivity contribution in [2.24, 2.45) is 0 Å². The Morgan fingerprint density at radius 3 is 2.81 bits per heavy atom. The fourth-order valence-electron chi connectivity index (χ4n) is 2.02. The Bertz CT molecular complexity index is 450. The minimum Gasteiger partial charge on any atom is -0.491 e. The van der Waals surface area contributed by atoms with Crippen LogP contribution in [0.15, 0.2) is 24.3 Å². The molecule has 21 heavy (non-hydrogen) atoms. The van der Waals surface area contributed by atoms with Crippen LogP contribution in [0.1, 0.15) is 19.4 Å². The van der Waals surface area contributed by atoms with Gasteiger partial charge < -0.3 is 19.3 Å². The van der Waals surface area contributed by atoms with Crippen molar-refractivity contribution < 1.29 is 19.3 Å². The zero-order valence-corrected chi connectivity index (χ0v) is 13.0. The van der Waals surface area contributed by atoms with Crippen LogP contribution in [0.25, 0.3) is 0 Å². The minimum atomic E-state index is -0.355. The molecule has 1 aromatic rings. The molecular formula is C16H25NO4. The molecule has 0 aliphatic carbocycles. The first-order valence-electron chi connectivity index (χ1n) is 7.26. The number of aliphatic hydroxyl groups excluding tert-OH is 1. The Labute approximate surface area is 126 Å². The van der Waals surface area contributed by atoms with Crippen molar-refractivity contribution in [2.45, 2.75) is 32.4 Å². The molecule has 1 aliphatic rings. The summed E-state index contributed by atoms with van der Waals surface area (Å²) < 4.78 is 17.3. The molecule has 0 spiro atoms. The summed E-state index contributed by atoms with van der Waals surface area (Å²) in [5.41, 5.74) is 0.751. The summed E-state index contributed by atoms with van der Waals surface area (Å²) >= 11 is 0. The maximum absolute atomic E-state index is 9.41. The van der Waals surface area contributed by atoms with E-state index in [9.17, 15) is 5.11 Å². The van der Waals surface area contributed by atoms with Crippen LogP contribution in [0, 0.1) is 6.92 Å². The molecule has 1 aliphatic heterocycles. The van der Waals surface area contributed by atoms with Crippen LogP contribution in [0.2, 0.25) is 0 Å². The van der Waals surface area contributed by atoms with E-state index in [1.54, 1.807) is 0 Å². The highest BCUT2D eigenvalue weighted by atomic mass is 16.6. The second kappa shape index (κ2) is 7.22. The molecule has 0 amide bonds. The minimum absolute atomic E-state index is 0.0596. The maximum Gasteiger partial charge on any atom is 0.122 e. The quantitative estimate of drug-likeness (QED) is 0.897. The topological polar surface area (TPSA) is 51.2 Å². The molecule has 118 valence electrons. The number of para-hydroxylation sites is 1. The highest BCUT2D eigenvalue weighted by Crippen LogP contribution is 2.19. The van der Waals surface area contributed by atoms with Crippen molar-refractivity contribution in [3.05, 3.63) is 29.8 Å². The van der Waals surface area contributed by atoms with Gasteiger partial charge in [-0.1, -0.05) is 18.2 Å². The SMILES string of the molecule is Cc1ccccc1OC[C@@H]1COCN(C(C)(C)CO)CO1. The number of hydrogen-bond donors (Lipinski definition) is 1. The van der Waals surface area contributed by atoms with Gasteiger partial charge in [0.15, 0.2) is 0 Å². The summed E-state index contributed by atoms with van der Waals surface area (Å²) in [6.45, 7) is 7.83. The van der Waals surface area contributed by atoms with Crippen LogP contribution in [-0.4, -0.2) is 54.9 Å². The van der Waals surface area contributed by atoms with Crippen LogP contribution >= 0.6 is 0 Å². The lowest BCUT2D eigenvalue weighted by Gasteiger charge is -2.34. The summed E-state index contributed by atoms with van der Waals surface area (Å²) in [4.78, 5) is 1.97. The van der Waals surface area contributed by atoms with Crippen LogP contribution in [0.5, 0.6) is 5.75 Å². The third-order valence-electron chi connectivity index (χ3n) is 3.78. The molecule has 0 bridgehead atoms. The van der Waals surface area contributed by atoms with Gasteiger partial charge in [-0.25, -0.2) is 0 Å². The Kier molecular flexibility index (Phi) is 5.58. The molecule has 1 heterocycles. The van der Waals surface area contributed by atoms with Gasteiger partial charge in [0.25, 0.3) is 0 Å². The van der Waals surface area contributed by atoms with Gasteiger partial charge in [-0.3, -0.25) is 4.90 Å². The molecule has 1 aromatic carbocycles.